The Balaban J connectivity index is 2.52. The lowest BCUT2D eigenvalue weighted by Gasteiger charge is -2.18. The molecule has 0 heterocycles. The van der Waals surface area contributed by atoms with E-state index in [1.165, 1.54) is 74.1 Å². The molecular formula is C22H31. The van der Waals surface area contributed by atoms with Crippen LogP contribution >= 0.6 is 0 Å². The third kappa shape index (κ3) is 4.12. The van der Waals surface area contributed by atoms with Gasteiger partial charge in [0.05, 0.1) is 0 Å². The van der Waals surface area contributed by atoms with E-state index in [1.54, 1.807) is 11.1 Å². The van der Waals surface area contributed by atoms with Crippen LogP contribution in [0.2, 0.25) is 0 Å². The Morgan fingerprint density at radius 3 is 2.00 bits per heavy atom. The van der Waals surface area contributed by atoms with Crippen LogP contribution in [0.25, 0.3) is 10.8 Å². The lowest BCUT2D eigenvalue weighted by atomic mass is 9.87. The van der Waals surface area contributed by atoms with E-state index in [0.717, 1.165) is 0 Å². The minimum atomic E-state index is 1.19. The summed E-state index contributed by atoms with van der Waals surface area (Å²) in [6.07, 6.45) is 11.3. The van der Waals surface area contributed by atoms with Crippen LogP contribution in [0.4, 0.5) is 0 Å². The summed E-state index contributed by atoms with van der Waals surface area (Å²) in [4.78, 5) is 0. The lowest BCUT2D eigenvalue weighted by Crippen LogP contribution is -2.03. The number of fused-ring (bicyclic) bond motifs is 1. The Morgan fingerprint density at radius 2 is 1.32 bits per heavy atom. The summed E-state index contributed by atoms with van der Waals surface area (Å²) < 4.78 is 0. The van der Waals surface area contributed by atoms with Crippen molar-refractivity contribution in [2.24, 2.45) is 0 Å². The van der Waals surface area contributed by atoms with Crippen molar-refractivity contribution in [3.05, 3.63) is 47.0 Å². The standard InChI is InChI=1S/C22H31/c1-4-7-12-18-17-19-13-10-11-16-21(19)22(15-9-6-3)20(18)14-8-5-2/h10-11,13,16H,4-9,12,14-15H2,1-3H3. The number of benzene rings is 2. The minimum Gasteiger partial charge on any atom is -0.0654 e. The van der Waals surface area contributed by atoms with Crippen molar-refractivity contribution in [2.75, 3.05) is 0 Å². The highest BCUT2D eigenvalue weighted by atomic mass is 14.2. The van der Waals surface area contributed by atoms with E-state index in [1.807, 2.05) is 0 Å². The van der Waals surface area contributed by atoms with Crippen LogP contribution in [0, 0.1) is 6.07 Å². The first-order valence-corrected chi connectivity index (χ1v) is 9.26. The van der Waals surface area contributed by atoms with Gasteiger partial charge in [0.2, 0.25) is 0 Å². The predicted molar refractivity (Wildman–Crippen MR) is 98.6 cm³/mol. The zero-order chi connectivity index (χ0) is 15.8. The van der Waals surface area contributed by atoms with Crippen molar-refractivity contribution in [3.63, 3.8) is 0 Å². The molecule has 1 radical (unpaired) electrons. The Bertz CT molecular complexity index is 580. The van der Waals surface area contributed by atoms with Gasteiger partial charge in [-0.25, -0.2) is 0 Å². The van der Waals surface area contributed by atoms with Gasteiger partial charge >= 0.3 is 0 Å². The molecule has 2 aromatic carbocycles. The number of hydrogen-bond acceptors (Lipinski definition) is 0. The van der Waals surface area contributed by atoms with Gasteiger partial charge in [-0.3, -0.25) is 0 Å². The summed E-state index contributed by atoms with van der Waals surface area (Å²) >= 11 is 0. The first kappa shape index (κ1) is 17.1. The highest BCUT2D eigenvalue weighted by Crippen LogP contribution is 2.29. The van der Waals surface area contributed by atoms with Crippen LogP contribution in [-0.2, 0) is 19.3 Å². The topological polar surface area (TPSA) is 0 Å². The van der Waals surface area contributed by atoms with Crippen LogP contribution in [0.5, 0.6) is 0 Å². The maximum atomic E-state index is 3.76. The van der Waals surface area contributed by atoms with Gasteiger partial charge in [-0.05, 0) is 72.1 Å². The second kappa shape index (κ2) is 8.98. The number of hydrogen-bond donors (Lipinski definition) is 0. The summed E-state index contributed by atoms with van der Waals surface area (Å²) in [5, 5.41) is 2.77. The molecule has 2 aromatic rings. The van der Waals surface area contributed by atoms with Crippen LogP contribution < -0.4 is 0 Å². The van der Waals surface area contributed by atoms with Crippen molar-refractivity contribution in [1.29, 1.82) is 0 Å². The molecule has 0 aromatic heterocycles. The molecule has 0 aliphatic carbocycles. The van der Waals surface area contributed by atoms with Gasteiger partial charge in [0, 0.05) is 0 Å². The van der Waals surface area contributed by atoms with E-state index in [0.29, 0.717) is 0 Å². The summed E-state index contributed by atoms with van der Waals surface area (Å²) in [5.74, 6) is 0. The van der Waals surface area contributed by atoms with Crippen molar-refractivity contribution in [1.82, 2.24) is 0 Å². The quantitative estimate of drug-likeness (QED) is 0.484. The molecule has 0 spiro atoms. The zero-order valence-electron chi connectivity index (χ0n) is 14.7. The fourth-order valence-electron chi connectivity index (χ4n) is 3.30. The summed E-state index contributed by atoms with van der Waals surface area (Å²) in [6, 6.07) is 12.6. The lowest BCUT2D eigenvalue weighted by molar-refractivity contribution is 0.738. The molecule has 0 saturated heterocycles. The minimum absolute atomic E-state index is 1.19. The van der Waals surface area contributed by atoms with Crippen molar-refractivity contribution in [3.8, 4) is 0 Å². The molecule has 0 aliphatic heterocycles. The summed E-state index contributed by atoms with van der Waals surface area (Å²) in [6.45, 7) is 6.87. The molecule has 0 amide bonds. The van der Waals surface area contributed by atoms with E-state index in [4.69, 9.17) is 0 Å². The first-order valence-electron chi connectivity index (χ1n) is 9.26. The number of unbranched alkanes of at least 4 members (excludes halogenated alkanes) is 3. The van der Waals surface area contributed by atoms with Crippen molar-refractivity contribution in [2.45, 2.75) is 78.6 Å². The highest BCUT2D eigenvalue weighted by Gasteiger charge is 2.13. The molecule has 0 bridgehead atoms. The Morgan fingerprint density at radius 1 is 0.727 bits per heavy atom. The maximum absolute atomic E-state index is 3.76. The predicted octanol–water partition coefficient (Wildman–Crippen LogP) is 6.67. The molecule has 0 atom stereocenters. The third-order valence-electron chi connectivity index (χ3n) is 4.61. The van der Waals surface area contributed by atoms with Gasteiger partial charge in [0.1, 0.15) is 0 Å². The van der Waals surface area contributed by atoms with E-state index >= 15 is 0 Å². The van der Waals surface area contributed by atoms with Gasteiger partial charge in [0.25, 0.3) is 0 Å². The third-order valence-corrected chi connectivity index (χ3v) is 4.61. The summed E-state index contributed by atoms with van der Waals surface area (Å²) in [5.41, 5.74) is 4.75. The molecule has 22 heavy (non-hydrogen) atoms. The first-order chi connectivity index (χ1) is 10.8. The second-order valence-corrected chi connectivity index (χ2v) is 6.42. The number of aryl methyl sites for hydroxylation is 2. The molecule has 0 fully saturated rings. The largest absolute Gasteiger partial charge is 0.0654 e. The van der Waals surface area contributed by atoms with Crippen LogP contribution in [-0.4, -0.2) is 0 Å². The molecular weight excluding hydrogens is 264 g/mol. The van der Waals surface area contributed by atoms with E-state index in [9.17, 15) is 0 Å². The number of rotatable bonds is 9. The van der Waals surface area contributed by atoms with Gasteiger partial charge in [-0.15, -0.1) is 0 Å². The van der Waals surface area contributed by atoms with Crippen molar-refractivity contribution >= 4 is 10.8 Å². The maximum Gasteiger partial charge on any atom is -0.00612 e. The molecule has 0 aliphatic rings. The molecule has 0 saturated carbocycles. The molecule has 2 rings (SSSR count). The monoisotopic (exact) mass is 295 g/mol. The Labute approximate surface area is 136 Å². The molecule has 119 valence electrons. The Hall–Kier alpha value is -1.30. The van der Waals surface area contributed by atoms with Crippen LogP contribution in [0.3, 0.4) is 0 Å². The zero-order valence-corrected chi connectivity index (χ0v) is 14.7. The van der Waals surface area contributed by atoms with Gasteiger partial charge < -0.3 is 0 Å². The van der Waals surface area contributed by atoms with Gasteiger partial charge in [-0.1, -0.05) is 64.3 Å². The molecule has 0 unspecified atom stereocenters. The smallest absolute Gasteiger partial charge is 0.00612 e. The van der Waals surface area contributed by atoms with E-state index in [2.05, 4.69) is 51.1 Å². The average Bonchev–Trinajstić information content (AvgIpc) is 2.56. The van der Waals surface area contributed by atoms with Crippen molar-refractivity contribution < 1.29 is 0 Å². The molecule has 0 N–H and O–H groups in total. The normalized spacial score (nSPS) is 11.2. The van der Waals surface area contributed by atoms with Crippen LogP contribution in [0.1, 0.15) is 76.0 Å². The highest BCUT2D eigenvalue weighted by molar-refractivity contribution is 5.87. The van der Waals surface area contributed by atoms with Gasteiger partial charge in [0.15, 0.2) is 0 Å². The van der Waals surface area contributed by atoms with E-state index in [-0.39, 0.29) is 0 Å². The molecule has 0 heteroatoms. The van der Waals surface area contributed by atoms with E-state index < -0.39 is 0 Å². The summed E-state index contributed by atoms with van der Waals surface area (Å²) in [7, 11) is 0. The fourth-order valence-corrected chi connectivity index (χ4v) is 3.30. The second-order valence-electron chi connectivity index (χ2n) is 6.42. The van der Waals surface area contributed by atoms with Crippen LogP contribution in [0.15, 0.2) is 24.3 Å². The molecule has 0 nitrogen and oxygen atoms in total. The van der Waals surface area contributed by atoms with Gasteiger partial charge in [-0.2, -0.15) is 0 Å². The average molecular weight is 295 g/mol. The SMILES string of the molecule is CCCCc1[c]c2ccccc2c(CCCC)c1CCCC. The Kier molecular flexibility index (Phi) is 6.96. The fraction of sp³-hybridized carbons (Fsp3) is 0.545.